The van der Waals surface area contributed by atoms with Crippen molar-refractivity contribution in [1.82, 2.24) is 20.6 Å². The number of hydrogen-bond acceptors (Lipinski definition) is 6. The largest absolute Gasteiger partial charge is 0.496 e. The number of hydrogen-bond donors (Lipinski definition) is 3. The molecule has 0 saturated heterocycles. The van der Waals surface area contributed by atoms with Crippen LogP contribution in [0.25, 0.3) is 22.3 Å². The molecule has 0 aliphatic heterocycles. The van der Waals surface area contributed by atoms with Crippen LogP contribution in [0.2, 0.25) is 10.0 Å². The fourth-order valence-electron chi connectivity index (χ4n) is 5.82. The Balaban J connectivity index is 0.000000249. The first-order chi connectivity index (χ1) is 28.5. The number of halogens is 7. The Bertz CT molecular complexity index is 2270. The highest BCUT2D eigenvalue weighted by atomic mass is 35.5. The van der Waals surface area contributed by atoms with Gasteiger partial charge in [-0.05, 0) is 81.9 Å². The summed E-state index contributed by atoms with van der Waals surface area (Å²) in [4.78, 5) is 20.2. The lowest BCUT2D eigenvalue weighted by atomic mass is 9.97. The van der Waals surface area contributed by atoms with Crippen molar-refractivity contribution in [1.29, 1.82) is 0 Å². The number of pyridine rings is 2. The summed E-state index contributed by atoms with van der Waals surface area (Å²) in [6.45, 7) is 1.06. The van der Waals surface area contributed by atoms with E-state index in [-0.39, 0.29) is 29.5 Å². The Morgan fingerprint density at radius 3 is 1.54 bits per heavy atom. The smallest absolute Gasteiger partial charge is 0.315 e. The van der Waals surface area contributed by atoms with Crippen LogP contribution in [0.5, 0.6) is 11.5 Å². The molecule has 0 aliphatic rings. The molecule has 4 N–H and O–H groups in total. The second kappa shape index (κ2) is 24.4. The van der Waals surface area contributed by atoms with E-state index in [2.05, 4.69) is 20.6 Å². The summed E-state index contributed by atoms with van der Waals surface area (Å²) >= 11 is 27.2. The fraction of sp³-hybridized carbons (Fsp3) is 0.205. The molecule has 59 heavy (non-hydrogen) atoms. The number of carbonyl (C=O) groups excluding carboxylic acids is 1. The van der Waals surface area contributed by atoms with E-state index in [0.717, 1.165) is 16.8 Å². The topological polar surface area (TPSA) is 111 Å². The molecule has 2 aromatic heterocycles. The summed E-state index contributed by atoms with van der Waals surface area (Å²) in [5, 5.41) is 6.58. The van der Waals surface area contributed by atoms with E-state index < -0.39 is 0 Å². The number of nitrogens with one attached hydrogen (secondary N) is 2. The third kappa shape index (κ3) is 14.0. The van der Waals surface area contributed by atoms with Gasteiger partial charge in [0.25, 0.3) is 0 Å². The average molecular weight is 904 g/mol. The molecular formula is C44H42Cl5F2N5O3. The first-order valence-electron chi connectivity index (χ1n) is 18.0. The molecule has 0 aliphatic carbocycles. The second-order valence-electron chi connectivity index (χ2n) is 12.5. The molecule has 4 aromatic carbocycles. The Morgan fingerprint density at radius 1 is 0.678 bits per heavy atom. The van der Waals surface area contributed by atoms with E-state index in [4.69, 9.17) is 73.2 Å². The van der Waals surface area contributed by atoms with E-state index in [9.17, 15) is 4.79 Å². The average Bonchev–Trinajstić information content (AvgIpc) is 3.24. The quantitative estimate of drug-likeness (QED) is 0.0996. The SMILES string of the molecule is COc1ccc(Cc2ccc(CN)nc2)c(F)c1-c1cccc(Cl)c1.COc1ccc(Cc2ccc(CNC(=O)NCCCl)nc2)c(F)c1-c1cccc(Cl)c1.ClCCl. The summed E-state index contributed by atoms with van der Waals surface area (Å²) < 4.78 is 41.3. The second-order valence-corrected chi connectivity index (χ2v) is 14.6. The van der Waals surface area contributed by atoms with Crippen LogP contribution in [0.4, 0.5) is 13.6 Å². The lowest BCUT2D eigenvalue weighted by molar-refractivity contribution is 0.241. The van der Waals surface area contributed by atoms with Crippen LogP contribution >= 0.6 is 58.0 Å². The maximum absolute atomic E-state index is 15.4. The molecule has 0 fully saturated rings. The first kappa shape index (κ1) is 47.0. The van der Waals surface area contributed by atoms with Crippen molar-refractivity contribution in [3.05, 3.63) is 165 Å². The maximum Gasteiger partial charge on any atom is 0.315 e. The van der Waals surface area contributed by atoms with Crippen LogP contribution in [-0.2, 0) is 25.9 Å². The number of nitrogens with two attached hydrogens (primary N) is 1. The van der Waals surface area contributed by atoms with Gasteiger partial charge in [0.05, 0.1) is 48.6 Å². The molecule has 2 amide bonds. The summed E-state index contributed by atoms with van der Waals surface area (Å²) in [6, 6.07) is 28.2. The highest BCUT2D eigenvalue weighted by Crippen LogP contribution is 2.37. The lowest BCUT2D eigenvalue weighted by Crippen LogP contribution is -2.36. The van der Waals surface area contributed by atoms with Crippen molar-refractivity contribution >= 4 is 64.0 Å². The zero-order valence-electron chi connectivity index (χ0n) is 32.2. The number of aromatic nitrogens is 2. The van der Waals surface area contributed by atoms with Gasteiger partial charge in [-0.2, -0.15) is 0 Å². The number of urea groups is 1. The minimum absolute atomic E-state index is 0.194. The number of carbonyl (C=O) groups is 1. The predicted molar refractivity (Wildman–Crippen MR) is 236 cm³/mol. The van der Waals surface area contributed by atoms with Crippen LogP contribution in [0.15, 0.2) is 109 Å². The third-order valence-corrected chi connectivity index (χ3v) is 9.27. The molecule has 8 nitrogen and oxygen atoms in total. The highest BCUT2D eigenvalue weighted by molar-refractivity contribution is 6.40. The van der Waals surface area contributed by atoms with Crippen LogP contribution < -0.4 is 25.8 Å². The first-order valence-corrected chi connectivity index (χ1v) is 20.4. The molecule has 0 saturated carbocycles. The van der Waals surface area contributed by atoms with Crippen LogP contribution in [0.1, 0.15) is 33.6 Å². The monoisotopic (exact) mass is 901 g/mol. The minimum Gasteiger partial charge on any atom is -0.496 e. The molecule has 2 heterocycles. The normalized spacial score (nSPS) is 10.4. The number of alkyl halides is 3. The summed E-state index contributed by atoms with van der Waals surface area (Å²) in [6.07, 6.45) is 4.20. The van der Waals surface area contributed by atoms with Gasteiger partial charge >= 0.3 is 6.03 Å². The Kier molecular flexibility index (Phi) is 19.4. The Morgan fingerprint density at radius 2 is 1.15 bits per heavy atom. The third-order valence-electron chi connectivity index (χ3n) is 8.61. The van der Waals surface area contributed by atoms with E-state index in [0.29, 0.717) is 92.4 Å². The summed E-state index contributed by atoms with van der Waals surface area (Å²) in [5.41, 5.74) is 12.0. The fourth-order valence-corrected chi connectivity index (χ4v) is 6.30. The maximum atomic E-state index is 15.4. The Hall–Kier alpha value is -4.68. The highest BCUT2D eigenvalue weighted by Gasteiger charge is 2.18. The molecule has 15 heteroatoms. The van der Waals surface area contributed by atoms with Gasteiger partial charge in [0.1, 0.15) is 23.1 Å². The number of methoxy groups -OCH3 is 2. The standard InChI is InChI=1S/C23H22Cl2FN3O2.C20H18ClFN2O.CH2Cl2/c1-31-20-8-6-17(22(26)21(20)16-3-2-4-18(25)12-16)11-15-5-7-19(28-13-15)14-29-23(30)27-10-9-24;1-25-18-8-6-15(9-13-5-7-17(11-23)24-12-13)20(22)19(18)14-3-2-4-16(21)10-14;2-1-3/h2-8,12-13H,9-11,14H2,1H3,(H2,27,29,30);2-8,10,12H,9,11,23H2,1H3;1H2. The minimum atomic E-state index is -0.358. The molecule has 0 spiro atoms. The molecule has 6 rings (SSSR count). The van der Waals surface area contributed by atoms with Gasteiger partial charge < -0.3 is 25.8 Å². The Labute approximate surface area is 367 Å². The molecule has 6 aromatic rings. The van der Waals surface area contributed by atoms with Crippen LogP contribution in [0, 0.1) is 11.6 Å². The van der Waals surface area contributed by atoms with Crippen molar-refractivity contribution in [2.45, 2.75) is 25.9 Å². The van der Waals surface area contributed by atoms with Crippen molar-refractivity contribution in [3.8, 4) is 33.8 Å². The lowest BCUT2D eigenvalue weighted by Gasteiger charge is -2.14. The molecule has 0 atom stereocenters. The van der Waals surface area contributed by atoms with Crippen molar-refractivity contribution in [2.24, 2.45) is 5.73 Å². The molecular weight excluding hydrogens is 862 g/mol. The zero-order valence-corrected chi connectivity index (χ0v) is 36.0. The van der Waals surface area contributed by atoms with Gasteiger partial charge in [-0.25, -0.2) is 13.6 Å². The number of amides is 2. The molecule has 0 radical (unpaired) electrons. The van der Waals surface area contributed by atoms with E-state index in [1.165, 1.54) is 14.2 Å². The number of nitrogens with zero attached hydrogens (tertiary/aromatic N) is 2. The van der Waals surface area contributed by atoms with Gasteiger partial charge in [0, 0.05) is 54.3 Å². The molecule has 0 unspecified atom stereocenters. The number of rotatable bonds is 13. The summed E-state index contributed by atoms with van der Waals surface area (Å²) in [5.74, 6) is 0.588. The van der Waals surface area contributed by atoms with E-state index >= 15 is 8.78 Å². The van der Waals surface area contributed by atoms with Crippen LogP contribution in [0.3, 0.4) is 0 Å². The van der Waals surface area contributed by atoms with Crippen molar-refractivity contribution in [2.75, 3.05) is 32.0 Å². The zero-order chi connectivity index (χ0) is 42.7. The van der Waals surface area contributed by atoms with Gasteiger partial charge in [0.15, 0.2) is 0 Å². The predicted octanol–water partition coefficient (Wildman–Crippen LogP) is 11.2. The molecule has 0 bridgehead atoms. The van der Waals surface area contributed by atoms with Crippen molar-refractivity contribution in [3.63, 3.8) is 0 Å². The van der Waals surface area contributed by atoms with E-state index in [1.807, 2.05) is 24.3 Å². The van der Waals surface area contributed by atoms with Gasteiger partial charge in [-0.3, -0.25) is 9.97 Å². The van der Waals surface area contributed by atoms with Gasteiger partial charge in [-0.1, -0.05) is 71.7 Å². The van der Waals surface area contributed by atoms with Crippen LogP contribution in [-0.4, -0.2) is 48.0 Å². The number of ether oxygens (including phenoxy) is 2. The van der Waals surface area contributed by atoms with Crippen molar-refractivity contribution < 1.29 is 23.0 Å². The molecule has 310 valence electrons. The van der Waals surface area contributed by atoms with Gasteiger partial charge in [0.2, 0.25) is 0 Å². The van der Waals surface area contributed by atoms with Gasteiger partial charge in [-0.15, -0.1) is 34.8 Å². The summed E-state index contributed by atoms with van der Waals surface area (Å²) in [7, 11) is 3.03. The van der Waals surface area contributed by atoms with E-state index in [1.54, 1.807) is 85.2 Å². The number of benzene rings is 4.